The molecule has 1 amide bonds. The Morgan fingerprint density at radius 1 is 1.33 bits per heavy atom. The van der Waals surface area contributed by atoms with Crippen molar-refractivity contribution in [3.63, 3.8) is 0 Å². The van der Waals surface area contributed by atoms with Gasteiger partial charge < -0.3 is 10.6 Å². The van der Waals surface area contributed by atoms with Crippen LogP contribution in [0.5, 0.6) is 0 Å². The maximum atomic E-state index is 12.4. The number of nitrogens with zero attached hydrogens (tertiary/aromatic N) is 7. The molecule has 0 unspecified atom stereocenters. The van der Waals surface area contributed by atoms with E-state index >= 15 is 0 Å². The Morgan fingerprint density at radius 2 is 2.07 bits per heavy atom. The molecule has 0 atom stereocenters. The summed E-state index contributed by atoms with van der Waals surface area (Å²) in [5.41, 5.74) is 10.7. The maximum Gasteiger partial charge on any atom is 0.293 e. The van der Waals surface area contributed by atoms with E-state index in [0.717, 1.165) is 11.3 Å². The summed E-state index contributed by atoms with van der Waals surface area (Å²) in [4.78, 5) is 14.4. The van der Waals surface area contributed by atoms with Gasteiger partial charge in [-0.15, -0.1) is 5.10 Å². The average molecular weight is 369 g/mol. The minimum atomic E-state index is -0.491. The molecule has 0 aliphatic carbocycles. The number of benzene rings is 1. The van der Waals surface area contributed by atoms with Crippen LogP contribution < -0.4 is 16.1 Å². The van der Waals surface area contributed by atoms with Crippen molar-refractivity contribution in [2.24, 2.45) is 5.10 Å². The van der Waals surface area contributed by atoms with Crippen molar-refractivity contribution in [1.82, 2.24) is 30.7 Å². The summed E-state index contributed by atoms with van der Waals surface area (Å²) < 4.78 is 5.89. The standard InChI is InChI=1S/C16H19N9O2/c1-4-12-13(19-23-25(12)15-14(17)21-27-22-15)16(26)20-18-9-10-5-7-11(8-6-10)24(2)3/h5-9H,4H2,1-3H3,(H2,17,21)(H,20,26). The molecule has 2 aromatic heterocycles. The molecule has 0 aliphatic rings. The molecule has 2 heterocycles. The molecule has 0 saturated heterocycles. The van der Waals surface area contributed by atoms with E-state index in [1.807, 2.05) is 50.2 Å². The number of nitrogen functional groups attached to an aromatic ring is 1. The van der Waals surface area contributed by atoms with E-state index < -0.39 is 5.91 Å². The van der Waals surface area contributed by atoms with Crippen molar-refractivity contribution in [1.29, 1.82) is 0 Å². The molecule has 11 nitrogen and oxygen atoms in total. The van der Waals surface area contributed by atoms with E-state index in [0.29, 0.717) is 12.1 Å². The zero-order chi connectivity index (χ0) is 19.4. The zero-order valence-corrected chi connectivity index (χ0v) is 15.1. The van der Waals surface area contributed by atoms with Crippen LogP contribution in [-0.4, -0.2) is 51.5 Å². The highest BCUT2D eigenvalue weighted by atomic mass is 16.6. The zero-order valence-electron chi connectivity index (χ0n) is 15.1. The number of nitrogens with one attached hydrogen (secondary N) is 1. The highest BCUT2D eigenvalue weighted by molar-refractivity contribution is 5.94. The molecule has 0 spiro atoms. The van der Waals surface area contributed by atoms with Gasteiger partial charge in [0.05, 0.1) is 11.9 Å². The second-order valence-electron chi connectivity index (χ2n) is 5.81. The number of anilines is 2. The largest absolute Gasteiger partial charge is 0.378 e. The van der Waals surface area contributed by atoms with Gasteiger partial charge in [-0.3, -0.25) is 4.79 Å². The molecule has 1 aromatic carbocycles. The third-order valence-corrected chi connectivity index (χ3v) is 3.80. The van der Waals surface area contributed by atoms with E-state index in [1.54, 1.807) is 6.21 Å². The topological polar surface area (TPSA) is 140 Å². The Morgan fingerprint density at radius 3 is 2.67 bits per heavy atom. The molecule has 0 aliphatic heterocycles. The van der Waals surface area contributed by atoms with Crippen molar-refractivity contribution < 1.29 is 9.42 Å². The quantitative estimate of drug-likeness (QED) is 0.476. The lowest BCUT2D eigenvalue weighted by Gasteiger charge is -2.11. The third-order valence-electron chi connectivity index (χ3n) is 3.80. The van der Waals surface area contributed by atoms with Crippen LogP contribution in [0.1, 0.15) is 28.7 Å². The molecule has 11 heteroatoms. The normalized spacial score (nSPS) is 11.1. The fourth-order valence-electron chi connectivity index (χ4n) is 2.38. The smallest absolute Gasteiger partial charge is 0.293 e. The van der Waals surface area contributed by atoms with Crippen molar-refractivity contribution in [2.45, 2.75) is 13.3 Å². The van der Waals surface area contributed by atoms with Gasteiger partial charge in [0.2, 0.25) is 11.6 Å². The van der Waals surface area contributed by atoms with Gasteiger partial charge in [-0.05, 0) is 34.4 Å². The number of hydrazone groups is 1. The van der Waals surface area contributed by atoms with Gasteiger partial charge in [-0.2, -0.15) is 9.78 Å². The monoisotopic (exact) mass is 369 g/mol. The van der Waals surface area contributed by atoms with Gasteiger partial charge in [-0.25, -0.2) is 10.1 Å². The number of carbonyl (C=O) groups excluding carboxylic acids is 1. The van der Waals surface area contributed by atoms with E-state index in [9.17, 15) is 4.79 Å². The first-order chi connectivity index (χ1) is 13.0. The first-order valence-corrected chi connectivity index (χ1v) is 8.15. The lowest BCUT2D eigenvalue weighted by atomic mass is 10.2. The number of nitrogens with two attached hydrogens (primary N) is 1. The Kier molecular flexibility index (Phi) is 5.11. The molecular weight excluding hydrogens is 350 g/mol. The minimum Gasteiger partial charge on any atom is -0.378 e. The summed E-state index contributed by atoms with van der Waals surface area (Å²) in [6.07, 6.45) is 2.02. The second-order valence-corrected chi connectivity index (χ2v) is 5.81. The fourth-order valence-corrected chi connectivity index (χ4v) is 2.38. The van der Waals surface area contributed by atoms with Crippen molar-refractivity contribution in [3.05, 3.63) is 41.2 Å². The van der Waals surface area contributed by atoms with E-state index in [1.165, 1.54) is 4.68 Å². The SMILES string of the molecule is CCc1c(C(=O)NN=Cc2ccc(N(C)C)cc2)nnn1-c1nonc1N. The summed E-state index contributed by atoms with van der Waals surface area (Å²) in [6, 6.07) is 7.72. The molecule has 3 rings (SSSR count). The third kappa shape index (κ3) is 3.76. The van der Waals surface area contributed by atoms with Gasteiger partial charge in [0.15, 0.2) is 5.69 Å². The van der Waals surface area contributed by atoms with Gasteiger partial charge in [0, 0.05) is 19.8 Å². The Balaban J connectivity index is 1.73. The number of aromatic nitrogens is 5. The summed E-state index contributed by atoms with van der Waals surface area (Å²) >= 11 is 0. The lowest BCUT2D eigenvalue weighted by molar-refractivity contribution is 0.0949. The Hall–Kier alpha value is -3.76. The predicted molar refractivity (Wildman–Crippen MR) is 98.8 cm³/mol. The maximum absolute atomic E-state index is 12.4. The number of carbonyl (C=O) groups is 1. The number of rotatable bonds is 6. The number of amides is 1. The lowest BCUT2D eigenvalue weighted by Crippen LogP contribution is -2.20. The van der Waals surface area contributed by atoms with Gasteiger partial charge >= 0.3 is 0 Å². The van der Waals surface area contributed by atoms with Gasteiger partial charge in [0.25, 0.3) is 5.91 Å². The molecule has 3 N–H and O–H groups in total. The summed E-state index contributed by atoms with van der Waals surface area (Å²) in [7, 11) is 3.93. The fraction of sp³-hybridized carbons (Fsp3) is 0.250. The number of hydrogen-bond acceptors (Lipinski definition) is 9. The Bertz CT molecular complexity index is 957. The van der Waals surface area contributed by atoms with E-state index in [-0.39, 0.29) is 17.3 Å². The van der Waals surface area contributed by atoms with Crippen LogP contribution in [0, 0.1) is 0 Å². The van der Waals surface area contributed by atoms with Crippen molar-refractivity contribution in [3.8, 4) is 5.82 Å². The first-order valence-electron chi connectivity index (χ1n) is 8.15. The summed E-state index contributed by atoms with van der Waals surface area (Å²) in [6.45, 7) is 1.85. The van der Waals surface area contributed by atoms with Crippen LogP contribution in [0.3, 0.4) is 0 Å². The van der Waals surface area contributed by atoms with Crippen molar-refractivity contribution >= 4 is 23.6 Å². The van der Waals surface area contributed by atoms with Gasteiger partial charge in [-0.1, -0.05) is 24.3 Å². The summed E-state index contributed by atoms with van der Waals surface area (Å²) in [5.74, 6) is -0.252. The highest BCUT2D eigenvalue weighted by Crippen LogP contribution is 2.16. The van der Waals surface area contributed by atoms with Crippen LogP contribution in [0.2, 0.25) is 0 Å². The number of hydrogen-bond donors (Lipinski definition) is 2. The molecule has 0 saturated carbocycles. The first kappa shape index (κ1) is 18.0. The molecule has 3 aromatic rings. The molecule has 0 bridgehead atoms. The van der Waals surface area contributed by atoms with Crippen LogP contribution in [0.4, 0.5) is 11.5 Å². The minimum absolute atomic E-state index is 0.0563. The van der Waals surface area contributed by atoms with Crippen LogP contribution in [0.25, 0.3) is 5.82 Å². The molecule has 27 heavy (non-hydrogen) atoms. The molecule has 0 radical (unpaired) electrons. The van der Waals surface area contributed by atoms with Crippen LogP contribution >= 0.6 is 0 Å². The molecule has 0 fully saturated rings. The van der Waals surface area contributed by atoms with E-state index in [2.05, 4.69) is 35.8 Å². The van der Waals surface area contributed by atoms with E-state index in [4.69, 9.17) is 5.73 Å². The molecule has 140 valence electrons. The van der Waals surface area contributed by atoms with Crippen LogP contribution in [0.15, 0.2) is 34.0 Å². The van der Waals surface area contributed by atoms with Crippen molar-refractivity contribution in [2.75, 3.05) is 24.7 Å². The van der Waals surface area contributed by atoms with Gasteiger partial charge in [0.1, 0.15) is 0 Å². The van der Waals surface area contributed by atoms with Crippen LogP contribution in [-0.2, 0) is 6.42 Å². The average Bonchev–Trinajstić information content (AvgIpc) is 3.27. The Labute approximate surface area is 154 Å². The highest BCUT2D eigenvalue weighted by Gasteiger charge is 2.22. The molecular formula is C16H19N9O2. The predicted octanol–water partition coefficient (Wildman–Crippen LogP) is 0.625. The summed E-state index contributed by atoms with van der Waals surface area (Å²) in [5, 5.41) is 19.0. The second kappa shape index (κ2) is 7.64.